The summed E-state index contributed by atoms with van der Waals surface area (Å²) >= 11 is 6.39. The van der Waals surface area contributed by atoms with Crippen molar-refractivity contribution >= 4 is 43.5 Å². The molecule has 1 atom stereocenters. The number of nitrogens with zero attached hydrogens (tertiary/aromatic N) is 1. The number of aliphatic imine (C=N–C) groups is 1. The van der Waals surface area contributed by atoms with Crippen LogP contribution < -0.4 is 15.2 Å². The molecule has 5 rings (SSSR count). The Morgan fingerprint density at radius 1 is 0.952 bits per heavy atom. The van der Waals surface area contributed by atoms with E-state index in [2.05, 4.69) is 43.4 Å². The quantitative estimate of drug-likeness (QED) is 0.210. The van der Waals surface area contributed by atoms with Gasteiger partial charge in [-0.3, -0.25) is 0 Å². The average Bonchev–Trinajstić information content (AvgIpc) is 3.37. The number of rotatable bonds is 7. The Bertz CT molecular complexity index is 1640. The number of methoxy groups -OCH3 is 1. The van der Waals surface area contributed by atoms with Crippen LogP contribution in [-0.2, 0) is 10.3 Å². The molecule has 0 fully saturated rings. The number of hydrogen-bond acceptors (Lipinski definition) is 5. The number of halogens is 4. The van der Waals surface area contributed by atoms with Crippen molar-refractivity contribution in [2.75, 3.05) is 20.3 Å². The largest absolute Gasteiger partial charge is 0.496 e. The predicted molar refractivity (Wildman–Crippen MR) is 170 cm³/mol. The Morgan fingerprint density at radius 2 is 1.62 bits per heavy atom. The summed E-state index contributed by atoms with van der Waals surface area (Å²) < 4.78 is 44.0. The summed E-state index contributed by atoms with van der Waals surface area (Å²) in [5, 5.41) is 0. The first-order valence-electron chi connectivity index (χ1n) is 12.9. The van der Waals surface area contributed by atoms with Crippen LogP contribution in [0.1, 0.15) is 27.8 Å². The van der Waals surface area contributed by atoms with E-state index in [-0.39, 0.29) is 24.3 Å². The molecule has 0 saturated carbocycles. The van der Waals surface area contributed by atoms with E-state index in [0.29, 0.717) is 15.6 Å². The van der Waals surface area contributed by atoms with Gasteiger partial charge in [0.25, 0.3) is 6.02 Å². The topological polar surface area (TPSA) is 66.1 Å². The van der Waals surface area contributed by atoms with Gasteiger partial charge in [0.15, 0.2) is 5.54 Å². The minimum atomic E-state index is -0.794. The molecule has 0 bridgehead atoms. The normalized spacial score (nSPS) is 15.6. The summed E-state index contributed by atoms with van der Waals surface area (Å²) in [7, 11) is 1.63. The van der Waals surface area contributed by atoms with Crippen molar-refractivity contribution in [3.8, 4) is 11.5 Å². The third-order valence-electron chi connectivity index (χ3n) is 6.73. The number of benzene rings is 4. The van der Waals surface area contributed by atoms with E-state index in [9.17, 15) is 8.78 Å². The first-order chi connectivity index (χ1) is 20.0. The monoisotopic (exact) mass is 698 g/mol. The van der Waals surface area contributed by atoms with Gasteiger partial charge in [0, 0.05) is 0 Å². The molecule has 4 aromatic rings. The van der Waals surface area contributed by atoms with Crippen LogP contribution >= 0.6 is 31.9 Å². The zero-order valence-corrected chi connectivity index (χ0v) is 26.6. The molecule has 0 amide bonds. The summed E-state index contributed by atoms with van der Waals surface area (Å²) in [5.74, 6) is 0.990. The van der Waals surface area contributed by atoms with E-state index in [1.165, 1.54) is 12.1 Å². The second-order valence-corrected chi connectivity index (χ2v) is 11.5. The summed E-state index contributed by atoms with van der Waals surface area (Å²) in [5.41, 5.74) is 10.5. The van der Waals surface area contributed by atoms with Crippen molar-refractivity contribution in [3.05, 3.63) is 134 Å². The molecule has 42 heavy (non-hydrogen) atoms. The average molecular weight is 700 g/mol. The first-order valence-corrected chi connectivity index (χ1v) is 14.5. The van der Waals surface area contributed by atoms with Crippen LogP contribution in [0.25, 0.3) is 5.57 Å². The van der Waals surface area contributed by atoms with Crippen molar-refractivity contribution in [2.45, 2.75) is 19.4 Å². The minimum absolute atomic E-state index is 0.124. The van der Waals surface area contributed by atoms with Gasteiger partial charge in [-0.25, -0.2) is 13.8 Å². The Kier molecular flexibility index (Phi) is 10.1. The maximum atomic E-state index is 13.6. The van der Waals surface area contributed by atoms with Crippen LogP contribution in [0.5, 0.6) is 11.5 Å². The van der Waals surface area contributed by atoms with Gasteiger partial charge in [-0.05, 0) is 128 Å². The lowest BCUT2D eigenvalue weighted by molar-refractivity contribution is 0.278. The summed E-state index contributed by atoms with van der Waals surface area (Å²) in [6.07, 6.45) is 0. The summed E-state index contributed by atoms with van der Waals surface area (Å²) in [6, 6.07) is 23.4. The maximum absolute atomic E-state index is 13.6. The Balaban J connectivity index is 0.000000197. The Hall–Kier alpha value is -3.69. The molecule has 4 aromatic carbocycles. The van der Waals surface area contributed by atoms with Crippen LogP contribution in [0.15, 0.2) is 99.4 Å². The van der Waals surface area contributed by atoms with Crippen molar-refractivity contribution in [2.24, 2.45) is 10.7 Å². The van der Waals surface area contributed by atoms with E-state index in [1.54, 1.807) is 31.4 Å². The van der Waals surface area contributed by atoms with Crippen LogP contribution in [0, 0.1) is 25.5 Å². The van der Waals surface area contributed by atoms with Crippen LogP contribution in [0.3, 0.4) is 0 Å². The van der Waals surface area contributed by atoms with Crippen LogP contribution in [0.4, 0.5) is 8.78 Å². The van der Waals surface area contributed by atoms with Crippen molar-refractivity contribution in [1.29, 1.82) is 0 Å². The first kappa shape index (κ1) is 31.3. The van der Waals surface area contributed by atoms with E-state index >= 15 is 0 Å². The molecule has 0 aromatic heterocycles. The van der Waals surface area contributed by atoms with E-state index in [0.717, 1.165) is 44.9 Å². The number of ether oxygens (including phenoxy) is 3. The number of nitrogens with two attached hydrogens (primary N) is 1. The molecule has 1 unspecified atom stereocenters. The molecule has 218 valence electrons. The van der Waals surface area contributed by atoms with Gasteiger partial charge in [0.05, 0.1) is 16.1 Å². The highest BCUT2D eigenvalue weighted by molar-refractivity contribution is 9.10. The summed E-state index contributed by atoms with van der Waals surface area (Å²) in [4.78, 5) is 4.52. The minimum Gasteiger partial charge on any atom is -0.496 e. The second-order valence-electron chi connectivity index (χ2n) is 9.75. The molecule has 2 N–H and O–H groups in total. The molecule has 0 saturated heterocycles. The van der Waals surface area contributed by atoms with Crippen LogP contribution in [-0.4, -0.2) is 26.3 Å². The highest BCUT2D eigenvalue weighted by atomic mass is 79.9. The Labute approximate surface area is 261 Å². The SMILES string of the molecule is C=C(COc1cccc(C)c1)c1ccc(F)c(Br)c1.COc1ccc(C2(c3ccc(F)c(Br)c3)COC(N)=N2)cc1C. The number of amidine groups is 1. The molecular weight excluding hydrogens is 670 g/mol. The lowest BCUT2D eigenvalue weighted by Crippen LogP contribution is -2.27. The summed E-state index contributed by atoms with van der Waals surface area (Å²) in [6.45, 7) is 8.58. The smallest absolute Gasteiger partial charge is 0.283 e. The zero-order valence-electron chi connectivity index (χ0n) is 23.4. The zero-order chi connectivity index (χ0) is 30.4. The number of hydrogen-bond donors (Lipinski definition) is 1. The fourth-order valence-corrected chi connectivity index (χ4v) is 5.22. The standard InChI is InChI=1S/C17H16BrFN2O2.C16H14BrFO/c1-10-7-11(4-6-15(10)22-2)17(9-23-16(20)21-17)12-3-5-14(19)13(18)8-12;1-11-4-3-5-14(8-11)19-10-12(2)13-6-7-16(18)15(17)9-13/h3-8H,9H2,1-2H3,(H2,20,21);3-9H,2,10H2,1H3. The third-order valence-corrected chi connectivity index (χ3v) is 7.95. The van der Waals surface area contributed by atoms with E-state index in [1.807, 2.05) is 56.3 Å². The third kappa shape index (κ3) is 7.20. The highest BCUT2D eigenvalue weighted by Gasteiger charge is 2.40. The van der Waals surface area contributed by atoms with Crippen molar-refractivity contribution in [1.82, 2.24) is 0 Å². The van der Waals surface area contributed by atoms with E-state index < -0.39 is 5.54 Å². The van der Waals surface area contributed by atoms with Crippen LogP contribution in [0.2, 0.25) is 0 Å². The Morgan fingerprint density at radius 3 is 2.21 bits per heavy atom. The maximum Gasteiger partial charge on any atom is 0.283 e. The molecule has 0 radical (unpaired) electrons. The van der Waals surface area contributed by atoms with Gasteiger partial charge in [-0.2, -0.15) is 0 Å². The lowest BCUT2D eigenvalue weighted by atomic mass is 9.83. The number of aryl methyl sites for hydroxylation is 2. The highest BCUT2D eigenvalue weighted by Crippen LogP contribution is 2.40. The lowest BCUT2D eigenvalue weighted by Gasteiger charge is -2.26. The molecule has 5 nitrogen and oxygen atoms in total. The van der Waals surface area contributed by atoms with Gasteiger partial charge in [-0.15, -0.1) is 0 Å². The second kappa shape index (κ2) is 13.5. The molecule has 0 spiro atoms. The molecule has 1 aliphatic rings. The van der Waals surface area contributed by atoms with Crippen molar-refractivity contribution in [3.63, 3.8) is 0 Å². The van der Waals surface area contributed by atoms with Gasteiger partial charge in [-0.1, -0.05) is 36.9 Å². The molecule has 0 aliphatic carbocycles. The van der Waals surface area contributed by atoms with E-state index in [4.69, 9.17) is 19.9 Å². The fourth-order valence-electron chi connectivity index (χ4n) is 4.46. The molecule has 1 aliphatic heterocycles. The van der Waals surface area contributed by atoms with Gasteiger partial charge >= 0.3 is 0 Å². The molecular formula is C33H30Br2F2N2O3. The molecule has 9 heteroatoms. The van der Waals surface area contributed by atoms with Gasteiger partial charge in [0.1, 0.15) is 36.3 Å². The fraction of sp³-hybridized carbons (Fsp3) is 0.182. The molecule has 1 heterocycles. The van der Waals surface area contributed by atoms with Crippen molar-refractivity contribution < 1.29 is 23.0 Å². The van der Waals surface area contributed by atoms with Gasteiger partial charge in [0.2, 0.25) is 0 Å². The van der Waals surface area contributed by atoms with Gasteiger partial charge < -0.3 is 19.9 Å². The predicted octanol–water partition coefficient (Wildman–Crippen LogP) is 8.48.